The van der Waals surface area contributed by atoms with Crippen molar-refractivity contribution >= 4 is 71.6 Å². The summed E-state index contributed by atoms with van der Waals surface area (Å²) in [4.78, 5) is 157. The quantitative estimate of drug-likeness (QED) is 0.0649. The fourth-order valence-electron chi connectivity index (χ4n) is 11.9. The summed E-state index contributed by atoms with van der Waals surface area (Å²) in [6.07, 6.45) is -39.6. The predicted molar refractivity (Wildman–Crippen MR) is 327 cm³/mol. The number of aliphatic hydroxyl groups excluding tert-OH is 1. The summed E-state index contributed by atoms with van der Waals surface area (Å²) in [7, 11) is 0. The van der Waals surface area contributed by atoms with Crippen LogP contribution < -0.4 is 0 Å². The SMILES string of the molecule is CC(=O)OC[C@@H]1O[C@@H](OC[C@@H]2O[C@@H](O[C@@H]3[C@@H](OC(C)=O)[C@@H](COC(c4ccccc4)(c4ccccc4)c4ccccc4)O[C@H](O)[C@H]3OC(C)=O)[C@@H](OC(C)=O)[C@@H](O[C@@H]3O[C@@H](COC(C)=O)[C@H](OC(C)=O)[C@H](OC(C)=O)[C@@H]3OC(C)=O)[C@H]2OC(C)=O)[C@@H](OC(C)=O)[C@@H](OC(C)=O)[C@H]1OC(C)=O. The molecule has 4 saturated heterocycles. The van der Waals surface area contributed by atoms with Crippen molar-refractivity contribution in [1.82, 2.24) is 0 Å². The molecular formula is C67H80O33. The maximum Gasteiger partial charge on any atom is 0.303 e. The summed E-state index contributed by atoms with van der Waals surface area (Å²) < 4.78 is 120. The summed E-state index contributed by atoms with van der Waals surface area (Å²) in [5.74, 6) is -12.5. The van der Waals surface area contributed by atoms with E-state index < -0.39 is 226 Å². The molecule has 0 radical (unpaired) electrons. The number of hydrogen-bond acceptors (Lipinski definition) is 33. The van der Waals surface area contributed by atoms with Gasteiger partial charge in [-0.05, 0) is 16.7 Å². The summed E-state index contributed by atoms with van der Waals surface area (Å²) in [6.45, 7) is 8.33. The van der Waals surface area contributed by atoms with Crippen molar-refractivity contribution in [1.29, 1.82) is 0 Å². The molecule has 4 aliphatic rings. The van der Waals surface area contributed by atoms with Crippen LogP contribution in [0.2, 0.25) is 0 Å². The van der Waals surface area contributed by atoms with Crippen LogP contribution in [0.15, 0.2) is 91.0 Å². The molecule has 4 heterocycles. The van der Waals surface area contributed by atoms with Crippen molar-refractivity contribution in [2.24, 2.45) is 0 Å². The Balaban J connectivity index is 1.44. The van der Waals surface area contributed by atoms with Crippen LogP contribution in [0.3, 0.4) is 0 Å². The summed E-state index contributed by atoms with van der Waals surface area (Å²) >= 11 is 0. The van der Waals surface area contributed by atoms with Gasteiger partial charge in [-0.15, -0.1) is 0 Å². The zero-order valence-corrected chi connectivity index (χ0v) is 56.5. The van der Waals surface area contributed by atoms with Crippen LogP contribution in [0.1, 0.15) is 99.8 Å². The molecule has 1 N–H and O–H groups in total. The van der Waals surface area contributed by atoms with E-state index in [2.05, 4.69) is 0 Å². The van der Waals surface area contributed by atoms with E-state index in [1.807, 2.05) is 0 Å². The van der Waals surface area contributed by atoms with Gasteiger partial charge in [0.2, 0.25) is 0 Å². The Morgan fingerprint density at radius 1 is 0.300 bits per heavy atom. The van der Waals surface area contributed by atoms with Crippen LogP contribution in [-0.4, -0.2) is 226 Å². The molecule has 7 rings (SSSR count). The fourth-order valence-corrected chi connectivity index (χ4v) is 11.9. The number of aliphatic hydroxyl groups is 1. The highest BCUT2D eigenvalue weighted by Crippen LogP contribution is 2.43. The number of hydrogen-bond donors (Lipinski definition) is 1. The molecule has 0 unspecified atom stereocenters. The average molecular weight is 1410 g/mol. The smallest absolute Gasteiger partial charge is 0.303 e. The normalized spacial score (nSPS) is 29.5. The first-order valence-corrected chi connectivity index (χ1v) is 31.4. The Kier molecular flexibility index (Phi) is 28.0. The van der Waals surface area contributed by atoms with Gasteiger partial charge in [0.05, 0.1) is 13.2 Å². The molecule has 0 spiro atoms. The lowest BCUT2D eigenvalue weighted by Gasteiger charge is -2.50. The molecule has 0 aromatic heterocycles. The number of esters is 12. The molecule has 0 amide bonds. The number of ether oxygens (including phenoxy) is 20. The molecule has 3 aromatic carbocycles. The van der Waals surface area contributed by atoms with Gasteiger partial charge in [0.25, 0.3) is 0 Å². The molecule has 100 heavy (non-hydrogen) atoms. The molecule has 546 valence electrons. The molecule has 4 fully saturated rings. The van der Waals surface area contributed by atoms with Crippen LogP contribution in [0.5, 0.6) is 0 Å². The minimum Gasteiger partial charge on any atom is -0.463 e. The molecule has 0 saturated carbocycles. The standard InChI is InChI=1S/C67H80O33/c1-32(68)81-28-47-51(85-34(3)70)56(89-38(7)74)60(92-41(10)77)64(96-47)83-30-49-53(87-36(5)72)58(100-65-61(93-42(11)78)57(90-39(8)75)52(86-35(4)71)48(97-65)29-82-33(2)69)62(94-43(12)79)66(98-49)99-55-54(88-37(6)73)50(95-63(80)59(55)91-40(9)76)31-84-67(44-22-16-13-17-23-44,45-24-18-14-19-25-45)46-26-20-15-21-27-46/h13-27,47-66,80H,28-31H2,1-12H3/t47-,48-,49-,50+,51-,52-,53-,54-,55+,56-,57-,58-,59-,60-,61-,62-,63-,64+,65-,66-/m0/s1. The van der Waals surface area contributed by atoms with Gasteiger partial charge in [0, 0.05) is 83.1 Å². The highest BCUT2D eigenvalue weighted by atomic mass is 16.8. The van der Waals surface area contributed by atoms with Crippen molar-refractivity contribution in [3.63, 3.8) is 0 Å². The number of benzene rings is 3. The van der Waals surface area contributed by atoms with Crippen molar-refractivity contribution in [2.75, 3.05) is 26.4 Å². The summed E-state index contributed by atoms with van der Waals surface area (Å²) in [5, 5.41) is 12.2. The highest BCUT2D eigenvalue weighted by molar-refractivity contribution is 5.71. The molecular weight excluding hydrogens is 1330 g/mol. The first-order valence-electron chi connectivity index (χ1n) is 31.4. The Morgan fingerprint density at radius 2 is 0.560 bits per heavy atom. The van der Waals surface area contributed by atoms with Crippen molar-refractivity contribution < 1.29 is 157 Å². The third-order valence-corrected chi connectivity index (χ3v) is 15.3. The van der Waals surface area contributed by atoms with Gasteiger partial charge in [-0.3, -0.25) is 57.5 Å². The van der Waals surface area contributed by atoms with Crippen molar-refractivity contribution in [3.05, 3.63) is 108 Å². The second kappa shape index (κ2) is 35.8. The molecule has 0 aliphatic carbocycles. The van der Waals surface area contributed by atoms with Crippen LogP contribution in [0, 0.1) is 0 Å². The van der Waals surface area contributed by atoms with Crippen molar-refractivity contribution in [2.45, 2.75) is 212 Å². The predicted octanol–water partition coefficient (Wildman–Crippen LogP) is 2.12. The van der Waals surface area contributed by atoms with E-state index >= 15 is 0 Å². The second-order valence-corrected chi connectivity index (χ2v) is 23.2. The Bertz CT molecular complexity index is 3250. The number of carbonyl (C=O) groups is 12. The summed E-state index contributed by atoms with van der Waals surface area (Å²) in [5.41, 5.74) is 0.227. The Hall–Kier alpha value is -9.06. The lowest BCUT2D eigenvalue weighted by molar-refractivity contribution is -0.384. The van der Waals surface area contributed by atoms with E-state index in [-0.39, 0.29) is 0 Å². The van der Waals surface area contributed by atoms with E-state index in [0.717, 1.165) is 83.1 Å². The zero-order chi connectivity index (χ0) is 73.3. The highest BCUT2D eigenvalue weighted by Gasteiger charge is 2.61. The average Bonchev–Trinajstić information content (AvgIpc) is 0.762. The van der Waals surface area contributed by atoms with Crippen LogP contribution in [-0.2, 0) is 158 Å². The summed E-state index contributed by atoms with van der Waals surface area (Å²) in [6, 6.07) is 26.9. The van der Waals surface area contributed by atoms with Crippen LogP contribution >= 0.6 is 0 Å². The first kappa shape index (κ1) is 78.3. The van der Waals surface area contributed by atoms with E-state index in [0.29, 0.717) is 16.7 Å². The molecule has 33 nitrogen and oxygen atoms in total. The van der Waals surface area contributed by atoms with Gasteiger partial charge >= 0.3 is 71.6 Å². The van der Waals surface area contributed by atoms with Gasteiger partial charge in [-0.1, -0.05) is 91.0 Å². The number of carbonyl (C=O) groups excluding carboxylic acids is 12. The van der Waals surface area contributed by atoms with Crippen LogP contribution in [0.25, 0.3) is 0 Å². The zero-order valence-electron chi connectivity index (χ0n) is 56.5. The third-order valence-electron chi connectivity index (χ3n) is 15.3. The van der Waals surface area contributed by atoms with E-state index in [9.17, 15) is 62.6 Å². The monoisotopic (exact) mass is 1410 g/mol. The molecule has 33 heteroatoms. The van der Waals surface area contributed by atoms with Crippen molar-refractivity contribution in [3.8, 4) is 0 Å². The van der Waals surface area contributed by atoms with Gasteiger partial charge in [0.1, 0.15) is 55.4 Å². The minimum absolute atomic E-state index is 0.584. The Labute approximate surface area is 572 Å². The molecule has 20 atom stereocenters. The second-order valence-electron chi connectivity index (χ2n) is 23.2. The molecule has 3 aromatic rings. The first-order chi connectivity index (χ1) is 47.4. The van der Waals surface area contributed by atoms with Gasteiger partial charge in [-0.25, -0.2) is 0 Å². The number of rotatable bonds is 27. The molecule has 4 aliphatic heterocycles. The van der Waals surface area contributed by atoms with Gasteiger partial charge < -0.3 is 99.8 Å². The van der Waals surface area contributed by atoms with E-state index in [4.69, 9.17) is 94.7 Å². The minimum atomic E-state index is -2.33. The third kappa shape index (κ3) is 20.8. The Morgan fingerprint density at radius 3 is 0.900 bits per heavy atom. The van der Waals surface area contributed by atoms with Gasteiger partial charge in [-0.2, -0.15) is 0 Å². The largest absolute Gasteiger partial charge is 0.463 e. The maximum absolute atomic E-state index is 13.8. The lowest BCUT2D eigenvalue weighted by Crippen LogP contribution is -2.69. The van der Waals surface area contributed by atoms with E-state index in [1.165, 1.54) is 0 Å². The molecule has 0 bridgehead atoms. The lowest BCUT2D eigenvalue weighted by atomic mass is 9.80. The maximum atomic E-state index is 13.8. The fraction of sp³-hybridized carbons (Fsp3) is 0.552. The van der Waals surface area contributed by atoms with Gasteiger partial charge in [0.15, 0.2) is 86.2 Å². The van der Waals surface area contributed by atoms with Crippen LogP contribution in [0.4, 0.5) is 0 Å². The topological polar surface area (TPSA) is 410 Å². The van der Waals surface area contributed by atoms with E-state index in [1.54, 1.807) is 91.0 Å².